The van der Waals surface area contributed by atoms with Gasteiger partial charge in [0.15, 0.2) is 0 Å². The Kier molecular flexibility index (Phi) is 6.58. The van der Waals surface area contributed by atoms with Crippen LogP contribution in [0.2, 0.25) is 10.0 Å². The van der Waals surface area contributed by atoms with Crippen LogP contribution in [0.25, 0.3) is 0 Å². The first-order valence-corrected chi connectivity index (χ1v) is 9.04. The highest BCUT2D eigenvalue weighted by atomic mass is 35.5. The molecule has 138 valence electrons. The fraction of sp³-hybridized carbons (Fsp3) is 0.0952. The molecule has 1 amide bonds. The Morgan fingerprint density at radius 2 is 1.41 bits per heavy atom. The van der Waals surface area contributed by atoms with E-state index in [9.17, 15) is 4.79 Å². The van der Waals surface area contributed by atoms with Gasteiger partial charge in [-0.25, -0.2) is 0 Å². The number of hydrogen-bond acceptors (Lipinski definition) is 3. The minimum atomic E-state index is -0.278. The van der Waals surface area contributed by atoms with Gasteiger partial charge in [0.1, 0.15) is 24.7 Å². The fourth-order valence-corrected chi connectivity index (χ4v) is 2.92. The van der Waals surface area contributed by atoms with Gasteiger partial charge >= 0.3 is 0 Å². The van der Waals surface area contributed by atoms with Crippen LogP contribution in [0.4, 0.5) is 5.69 Å². The molecule has 0 atom stereocenters. The average molecular weight is 402 g/mol. The van der Waals surface area contributed by atoms with Gasteiger partial charge in [-0.05, 0) is 48.5 Å². The van der Waals surface area contributed by atoms with Crippen molar-refractivity contribution in [2.24, 2.45) is 0 Å². The molecular weight excluding hydrogens is 385 g/mol. The van der Waals surface area contributed by atoms with E-state index < -0.39 is 0 Å². The standard InChI is InChI=1S/C21H17Cl2NO3/c22-16-12-17(23)14-18(13-16)24-21(25)15-5-4-8-20(11-15)27-10-9-26-19-6-2-1-3-7-19/h1-8,11-14H,9-10H2,(H,24,25). The fourth-order valence-electron chi connectivity index (χ4n) is 2.39. The molecule has 0 heterocycles. The number of nitrogens with one attached hydrogen (secondary N) is 1. The van der Waals surface area contributed by atoms with Crippen LogP contribution < -0.4 is 14.8 Å². The van der Waals surface area contributed by atoms with Crippen molar-refractivity contribution in [3.63, 3.8) is 0 Å². The van der Waals surface area contributed by atoms with Crippen LogP contribution in [0.5, 0.6) is 11.5 Å². The number of benzene rings is 3. The highest BCUT2D eigenvalue weighted by molar-refractivity contribution is 6.35. The first kappa shape index (κ1) is 19.1. The van der Waals surface area contributed by atoms with Crippen molar-refractivity contribution in [1.29, 1.82) is 0 Å². The summed E-state index contributed by atoms with van der Waals surface area (Å²) in [6.45, 7) is 0.769. The first-order chi connectivity index (χ1) is 13.1. The molecular formula is C21H17Cl2NO3. The van der Waals surface area contributed by atoms with E-state index in [0.29, 0.717) is 40.3 Å². The summed E-state index contributed by atoms with van der Waals surface area (Å²) in [5.41, 5.74) is 0.993. The van der Waals surface area contributed by atoms with Crippen molar-refractivity contribution < 1.29 is 14.3 Å². The van der Waals surface area contributed by atoms with E-state index in [1.165, 1.54) is 0 Å². The molecule has 0 bridgehead atoms. The molecule has 0 aliphatic carbocycles. The van der Waals surface area contributed by atoms with Gasteiger partial charge < -0.3 is 14.8 Å². The molecule has 0 fully saturated rings. The number of anilines is 1. The zero-order valence-corrected chi connectivity index (χ0v) is 15.8. The number of halogens is 2. The third-order valence-electron chi connectivity index (χ3n) is 3.58. The van der Waals surface area contributed by atoms with Crippen LogP contribution in [-0.4, -0.2) is 19.1 Å². The van der Waals surface area contributed by atoms with Crippen LogP contribution in [0, 0.1) is 0 Å². The molecule has 3 rings (SSSR count). The molecule has 0 saturated heterocycles. The number of ether oxygens (including phenoxy) is 2. The number of para-hydroxylation sites is 1. The topological polar surface area (TPSA) is 47.6 Å². The monoisotopic (exact) mass is 401 g/mol. The Morgan fingerprint density at radius 1 is 0.778 bits per heavy atom. The molecule has 0 aliphatic heterocycles. The maximum absolute atomic E-state index is 12.4. The lowest BCUT2D eigenvalue weighted by Crippen LogP contribution is -2.13. The predicted molar refractivity (Wildman–Crippen MR) is 108 cm³/mol. The molecule has 0 radical (unpaired) electrons. The third-order valence-corrected chi connectivity index (χ3v) is 4.02. The Bertz CT molecular complexity index is 896. The largest absolute Gasteiger partial charge is 0.490 e. The van der Waals surface area contributed by atoms with Crippen LogP contribution >= 0.6 is 23.2 Å². The zero-order chi connectivity index (χ0) is 19.1. The van der Waals surface area contributed by atoms with Crippen LogP contribution in [0.15, 0.2) is 72.8 Å². The number of carbonyl (C=O) groups excluding carboxylic acids is 1. The summed E-state index contributed by atoms with van der Waals surface area (Å²) in [6, 6.07) is 21.3. The molecule has 0 aromatic heterocycles. The Morgan fingerprint density at radius 3 is 2.11 bits per heavy atom. The Balaban J connectivity index is 1.55. The molecule has 0 saturated carbocycles. The average Bonchev–Trinajstić information content (AvgIpc) is 2.65. The van der Waals surface area contributed by atoms with Gasteiger partial charge in [0.05, 0.1) is 0 Å². The highest BCUT2D eigenvalue weighted by Crippen LogP contribution is 2.23. The third kappa shape index (κ3) is 5.91. The molecule has 0 unspecified atom stereocenters. The van der Waals surface area contributed by atoms with Crippen molar-refractivity contribution in [3.8, 4) is 11.5 Å². The van der Waals surface area contributed by atoms with E-state index >= 15 is 0 Å². The maximum Gasteiger partial charge on any atom is 0.255 e. The van der Waals surface area contributed by atoms with Crippen LogP contribution in [-0.2, 0) is 0 Å². The summed E-state index contributed by atoms with van der Waals surface area (Å²) < 4.78 is 11.2. The molecule has 27 heavy (non-hydrogen) atoms. The van der Waals surface area contributed by atoms with Crippen LogP contribution in [0.1, 0.15) is 10.4 Å². The maximum atomic E-state index is 12.4. The second-order valence-electron chi connectivity index (χ2n) is 5.65. The zero-order valence-electron chi connectivity index (χ0n) is 14.3. The second kappa shape index (κ2) is 9.31. The smallest absolute Gasteiger partial charge is 0.255 e. The van der Waals surface area contributed by atoms with Crippen LogP contribution in [0.3, 0.4) is 0 Å². The Labute approximate surface area is 167 Å². The van der Waals surface area contributed by atoms with Gasteiger partial charge in [0, 0.05) is 21.3 Å². The van der Waals surface area contributed by atoms with Crippen molar-refractivity contribution >= 4 is 34.8 Å². The predicted octanol–water partition coefficient (Wildman–Crippen LogP) is 5.70. The normalized spacial score (nSPS) is 10.3. The molecule has 0 spiro atoms. The summed E-state index contributed by atoms with van der Waals surface area (Å²) >= 11 is 11.9. The minimum Gasteiger partial charge on any atom is -0.490 e. The molecule has 3 aromatic carbocycles. The highest BCUT2D eigenvalue weighted by Gasteiger charge is 2.08. The van der Waals surface area contributed by atoms with Gasteiger partial charge in [0.2, 0.25) is 0 Å². The SMILES string of the molecule is O=C(Nc1cc(Cl)cc(Cl)c1)c1cccc(OCCOc2ccccc2)c1. The number of hydrogen-bond donors (Lipinski definition) is 1. The number of rotatable bonds is 7. The van der Waals surface area contributed by atoms with Crippen molar-refractivity contribution in [2.75, 3.05) is 18.5 Å². The van der Waals surface area contributed by atoms with E-state index in [1.54, 1.807) is 42.5 Å². The lowest BCUT2D eigenvalue weighted by Gasteiger charge is -2.10. The summed E-state index contributed by atoms with van der Waals surface area (Å²) in [7, 11) is 0. The molecule has 0 aliphatic rings. The van der Waals surface area contributed by atoms with Gasteiger partial charge in [0.25, 0.3) is 5.91 Å². The van der Waals surface area contributed by atoms with Gasteiger partial charge in [-0.2, -0.15) is 0 Å². The second-order valence-corrected chi connectivity index (χ2v) is 6.52. The molecule has 6 heteroatoms. The first-order valence-electron chi connectivity index (χ1n) is 8.28. The molecule has 4 nitrogen and oxygen atoms in total. The van der Waals surface area contributed by atoms with Gasteiger partial charge in [-0.1, -0.05) is 47.5 Å². The molecule has 1 N–H and O–H groups in total. The van der Waals surface area contributed by atoms with Crippen molar-refractivity contribution in [3.05, 3.63) is 88.4 Å². The minimum absolute atomic E-state index is 0.278. The van der Waals surface area contributed by atoms with E-state index in [1.807, 2.05) is 30.3 Å². The summed E-state index contributed by atoms with van der Waals surface area (Å²) in [5, 5.41) is 3.67. The van der Waals surface area contributed by atoms with Gasteiger partial charge in [-0.15, -0.1) is 0 Å². The van der Waals surface area contributed by atoms with Crippen molar-refractivity contribution in [2.45, 2.75) is 0 Å². The molecule has 3 aromatic rings. The number of carbonyl (C=O) groups is 1. The summed E-state index contributed by atoms with van der Waals surface area (Å²) in [4.78, 5) is 12.4. The number of amides is 1. The van der Waals surface area contributed by atoms with E-state index in [0.717, 1.165) is 5.75 Å². The van der Waals surface area contributed by atoms with E-state index in [2.05, 4.69) is 5.32 Å². The Hall–Kier alpha value is -2.69. The van der Waals surface area contributed by atoms with E-state index in [4.69, 9.17) is 32.7 Å². The van der Waals surface area contributed by atoms with E-state index in [-0.39, 0.29) is 5.91 Å². The van der Waals surface area contributed by atoms with Crippen molar-refractivity contribution in [1.82, 2.24) is 0 Å². The summed E-state index contributed by atoms with van der Waals surface area (Å²) in [5.74, 6) is 1.09. The lowest BCUT2D eigenvalue weighted by atomic mass is 10.2. The van der Waals surface area contributed by atoms with Gasteiger partial charge in [-0.3, -0.25) is 4.79 Å². The lowest BCUT2D eigenvalue weighted by molar-refractivity contribution is 0.102. The summed E-state index contributed by atoms with van der Waals surface area (Å²) in [6.07, 6.45) is 0. The quantitative estimate of drug-likeness (QED) is 0.516.